The van der Waals surface area contributed by atoms with Crippen molar-refractivity contribution in [2.75, 3.05) is 19.0 Å². The average molecular weight is 622 g/mol. The lowest BCUT2D eigenvalue weighted by Gasteiger charge is -2.15. The summed E-state index contributed by atoms with van der Waals surface area (Å²) in [6.45, 7) is 0.406. The van der Waals surface area contributed by atoms with Gasteiger partial charge in [-0.1, -0.05) is 65.3 Å². The van der Waals surface area contributed by atoms with Crippen molar-refractivity contribution in [2.45, 2.75) is 18.1 Å². The number of nitrogens with zero attached hydrogens (tertiary/aromatic N) is 3. The number of thioether (sulfide) groups is 1. The molecule has 2 heterocycles. The van der Waals surface area contributed by atoms with E-state index in [2.05, 4.69) is 15.5 Å². The first-order valence-corrected chi connectivity index (χ1v) is 14.7. The van der Waals surface area contributed by atoms with Crippen molar-refractivity contribution in [1.82, 2.24) is 4.90 Å². The van der Waals surface area contributed by atoms with Gasteiger partial charge in [0.1, 0.15) is 22.5 Å². The Balaban J connectivity index is 1.29. The molecule has 1 atom stereocenters. The van der Waals surface area contributed by atoms with Gasteiger partial charge in [0.05, 0.1) is 23.4 Å². The van der Waals surface area contributed by atoms with Gasteiger partial charge in [0.15, 0.2) is 5.17 Å². The van der Waals surface area contributed by atoms with E-state index in [0.717, 1.165) is 11.1 Å². The first-order valence-electron chi connectivity index (χ1n) is 13.0. The topological polar surface area (TPSA) is 96.5 Å². The molecule has 0 spiro atoms. The van der Waals surface area contributed by atoms with Gasteiger partial charge in [-0.2, -0.15) is 5.10 Å². The van der Waals surface area contributed by atoms with E-state index >= 15 is 0 Å². The Hall–Kier alpha value is -4.05. The van der Waals surface area contributed by atoms with Crippen molar-refractivity contribution < 1.29 is 18.7 Å². The minimum absolute atomic E-state index is 0.00863. The molecule has 1 aliphatic rings. The summed E-state index contributed by atoms with van der Waals surface area (Å²) in [5.41, 5.74) is 2.48. The van der Waals surface area contributed by atoms with Gasteiger partial charge in [0.25, 0.3) is 0 Å². The maximum Gasteiger partial charge on any atom is 0.242 e. The number of furan rings is 1. The highest BCUT2D eigenvalue weighted by atomic mass is 35.5. The van der Waals surface area contributed by atoms with E-state index in [4.69, 9.17) is 32.4 Å². The molecule has 0 bridgehead atoms. The number of rotatable bonds is 10. The number of nitrogens with one attached hydrogen (secondary N) is 1. The van der Waals surface area contributed by atoms with Crippen LogP contribution < -0.4 is 10.1 Å². The molecular formula is C31H26Cl2N4O4S. The van der Waals surface area contributed by atoms with Crippen molar-refractivity contribution in [1.29, 1.82) is 0 Å². The normalized spacial score (nSPS) is 16.0. The van der Waals surface area contributed by atoms with Gasteiger partial charge in [0.2, 0.25) is 11.8 Å². The summed E-state index contributed by atoms with van der Waals surface area (Å²) in [6, 6.07) is 25.7. The molecule has 1 unspecified atom stereocenters. The fourth-order valence-electron chi connectivity index (χ4n) is 4.22. The van der Waals surface area contributed by atoms with Gasteiger partial charge in [-0.05, 0) is 66.6 Å². The average Bonchev–Trinajstić information content (AvgIpc) is 3.58. The number of ether oxygens (including phenoxy) is 1. The molecule has 1 fully saturated rings. The van der Waals surface area contributed by atoms with Crippen LogP contribution in [-0.2, 0) is 16.0 Å². The summed E-state index contributed by atoms with van der Waals surface area (Å²) in [6.07, 6.45) is 2.09. The molecule has 8 nitrogen and oxygen atoms in total. The molecule has 5 rings (SSSR count). The largest absolute Gasteiger partial charge is 0.497 e. The Labute approximate surface area is 257 Å². The van der Waals surface area contributed by atoms with Crippen LogP contribution in [0.3, 0.4) is 0 Å². The summed E-state index contributed by atoms with van der Waals surface area (Å²) >= 11 is 13.4. The van der Waals surface area contributed by atoms with Gasteiger partial charge in [-0.3, -0.25) is 14.5 Å². The first-order chi connectivity index (χ1) is 20.4. The maximum absolute atomic E-state index is 13.4. The standard InChI is InChI=1S/C31H26Cl2N4O4S/c1-40-23-10-8-22(9-11-23)35-29(38)18-28-30(39)37(16-15-20-5-3-2-4-6-20)31(42-28)36-34-19-24-12-14-27(41-24)21-7-13-25(32)26(33)17-21/h2-14,17,19,28H,15-16,18H2,1H3,(H,35,38)/b34-19+,36-31-. The lowest BCUT2D eigenvalue weighted by atomic mass is 10.1. The number of carbonyl (C=O) groups excluding carboxylic acids is 2. The highest BCUT2D eigenvalue weighted by Gasteiger charge is 2.39. The van der Waals surface area contributed by atoms with Gasteiger partial charge in [-0.25, -0.2) is 0 Å². The lowest BCUT2D eigenvalue weighted by molar-refractivity contribution is -0.128. The number of hydrogen-bond acceptors (Lipinski definition) is 7. The number of methoxy groups -OCH3 is 1. The van der Waals surface area contributed by atoms with Crippen LogP contribution in [0.15, 0.2) is 99.5 Å². The quantitative estimate of drug-likeness (QED) is 0.150. The molecule has 3 aromatic carbocycles. The minimum atomic E-state index is -0.627. The Morgan fingerprint density at radius 1 is 1.05 bits per heavy atom. The number of benzene rings is 3. The second-order valence-electron chi connectivity index (χ2n) is 9.27. The van der Waals surface area contributed by atoms with Crippen molar-refractivity contribution in [3.05, 3.63) is 106 Å². The van der Waals surface area contributed by atoms with E-state index in [1.165, 1.54) is 18.0 Å². The van der Waals surface area contributed by atoms with Gasteiger partial charge >= 0.3 is 0 Å². The Kier molecular flexibility index (Phi) is 9.63. The first kappa shape index (κ1) is 29.4. The maximum atomic E-state index is 13.4. The monoisotopic (exact) mass is 620 g/mol. The zero-order valence-corrected chi connectivity index (χ0v) is 24.8. The Bertz CT molecular complexity index is 1620. The number of amides is 2. The smallest absolute Gasteiger partial charge is 0.242 e. The lowest BCUT2D eigenvalue weighted by Crippen LogP contribution is -2.35. The molecule has 214 valence electrons. The molecule has 42 heavy (non-hydrogen) atoms. The van der Waals surface area contributed by atoms with Gasteiger partial charge < -0.3 is 14.5 Å². The Morgan fingerprint density at radius 2 is 1.83 bits per heavy atom. The van der Waals surface area contributed by atoms with Crippen LogP contribution in [0.2, 0.25) is 10.0 Å². The van der Waals surface area contributed by atoms with Crippen molar-refractivity contribution in [2.24, 2.45) is 10.2 Å². The third-order valence-corrected chi connectivity index (χ3v) is 8.30. The van der Waals surface area contributed by atoms with Crippen LogP contribution in [0.25, 0.3) is 11.3 Å². The number of carbonyl (C=O) groups is 2. The number of anilines is 1. The fraction of sp³-hybridized carbons (Fsp3) is 0.161. The van der Waals surface area contributed by atoms with Crippen molar-refractivity contribution in [3.8, 4) is 17.1 Å². The summed E-state index contributed by atoms with van der Waals surface area (Å²) in [5, 5.41) is 12.1. The van der Waals surface area contributed by atoms with Gasteiger partial charge in [-0.15, -0.1) is 5.10 Å². The van der Waals surface area contributed by atoms with E-state index in [1.54, 1.807) is 60.5 Å². The molecule has 4 aromatic rings. The third kappa shape index (κ3) is 7.42. The van der Waals surface area contributed by atoms with Crippen LogP contribution in [-0.4, -0.2) is 47.0 Å². The molecule has 1 aliphatic heterocycles. The van der Waals surface area contributed by atoms with E-state index < -0.39 is 5.25 Å². The summed E-state index contributed by atoms with van der Waals surface area (Å²) in [7, 11) is 1.58. The van der Waals surface area contributed by atoms with Crippen LogP contribution in [0.4, 0.5) is 5.69 Å². The van der Waals surface area contributed by atoms with Crippen LogP contribution in [0.5, 0.6) is 5.75 Å². The van der Waals surface area contributed by atoms with Crippen LogP contribution in [0.1, 0.15) is 17.7 Å². The summed E-state index contributed by atoms with van der Waals surface area (Å²) in [5.74, 6) is 1.30. The summed E-state index contributed by atoms with van der Waals surface area (Å²) < 4.78 is 11.0. The van der Waals surface area contributed by atoms with E-state index in [-0.39, 0.29) is 18.2 Å². The van der Waals surface area contributed by atoms with Gasteiger partial charge in [0, 0.05) is 24.2 Å². The zero-order chi connectivity index (χ0) is 29.5. The van der Waals surface area contributed by atoms with Crippen LogP contribution in [0, 0.1) is 0 Å². The molecule has 0 saturated carbocycles. The molecule has 1 saturated heterocycles. The van der Waals surface area contributed by atoms with E-state index in [1.807, 2.05) is 36.4 Å². The SMILES string of the molecule is COc1ccc(NC(=O)CC2S/C(=N\N=C\c3ccc(-c4ccc(Cl)c(Cl)c4)o3)N(CCc3ccccc3)C2=O)cc1. The number of amidine groups is 1. The van der Waals surface area contributed by atoms with Crippen molar-refractivity contribution in [3.63, 3.8) is 0 Å². The molecule has 11 heteroatoms. The molecule has 1 aromatic heterocycles. The summed E-state index contributed by atoms with van der Waals surface area (Å²) in [4.78, 5) is 27.8. The molecule has 0 radical (unpaired) electrons. The molecular weight excluding hydrogens is 595 g/mol. The Morgan fingerprint density at radius 3 is 2.57 bits per heavy atom. The van der Waals surface area contributed by atoms with E-state index in [9.17, 15) is 9.59 Å². The highest BCUT2D eigenvalue weighted by Crippen LogP contribution is 2.31. The predicted molar refractivity (Wildman–Crippen MR) is 169 cm³/mol. The number of halogens is 2. The highest BCUT2D eigenvalue weighted by molar-refractivity contribution is 8.15. The zero-order valence-electron chi connectivity index (χ0n) is 22.5. The predicted octanol–water partition coefficient (Wildman–Crippen LogP) is 7.17. The second kappa shape index (κ2) is 13.7. The molecule has 1 N–H and O–H groups in total. The fourth-order valence-corrected chi connectivity index (χ4v) is 5.64. The molecule has 2 amide bonds. The van der Waals surface area contributed by atoms with Crippen LogP contribution >= 0.6 is 35.0 Å². The van der Waals surface area contributed by atoms with Crippen molar-refractivity contribution >= 4 is 63.8 Å². The number of hydrogen-bond donors (Lipinski definition) is 1. The third-order valence-electron chi connectivity index (χ3n) is 6.39. The minimum Gasteiger partial charge on any atom is -0.497 e. The molecule has 0 aliphatic carbocycles. The van der Waals surface area contributed by atoms with E-state index in [0.29, 0.717) is 51.1 Å². The second-order valence-corrected chi connectivity index (χ2v) is 11.3.